The highest BCUT2D eigenvalue weighted by atomic mass is 32.2. The molecule has 1 atom stereocenters. The van der Waals surface area contributed by atoms with Crippen LogP contribution in [0.4, 0.5) is 0 Å². The molecule has 4 aromatic rings. The Morgan fingerprint density at radius 3 is 2.37 bits per heavy atom. The number of hydrogen-bond donors (Lipinski definition) is 0. The Morgan fingerprint density at radius 1 is 0.933 bits per heavy atom. The van der Waals surface area contributed by atoms with E-state index in [0.29, 0.717) is 5.75 Å². The van der Waals surface area contributed by atoms with E-state index in [1.54, 1.807) is 11.3 Å². The molecule has 5 rings (SSSR count). The molecule has 1 aromatic heterocycles. The van der Waals surface area contributed by atoms with Crippen molar-refractivity contribution < 1.29 is 9.09 Å². The van der Waals surface area contributed by atoms with Crippen LogP contribution < -0.4 is 9.83 Å². The standard InChI is InChI=1S/C23H21N2O2PS2/c1-23(2,3)25(30-22-24-18-12-6-9-15-21(18)29-22)28(26)20-14-8-5-11-17(20)16-10-4-7-13-19(16)27-28/h4-15H,1-3H3. The van der Waals surface area contributed by atoms with Crippen molar-refractivity contribution >= 4 is 46.3 Å². The Hall–Kier alpha value is -2.11. The van der Waals surface area contributed by atoms with Crippen molar-refractivity contribution in [2.24, 2.45) is 0 Å². The van der Waals surface area contributed by atoms with E-state index < -0.39 is 13.1 Å². The van der Waals surface area contributed by atoms with Gasteiger partial charge >= 0.3 is 7.52 Å². The van der Waals surface area contributed by atoms with Crippen LogP contribution in [0.2, 0.25) is 0 Å². The summed E-state index contributed by atoms with van der Waals surface area (Å²) < 4.78 is 24.8. The Labute approximate surface area is 184 Å². The molecule has 0 N–H and O–H groups in total. The van der Waals surface area contributed by atoms with Crippen molar-refractivity contribution in [1.82, 2.24) is 9.06 Å². The molecule has 0 saturated carbocycles. The molecule has 7 heteroatoms. The van der Waals surface area contributed by atoms with Crippen molar-refractivity contribution in [2.45, 2.75) is 30.6 Å². The van der Waals surface area contributed by atoms with E-state index in [9.17, 15) is 4.57 Å². The van der Waals surface area contributed by atoms with Gasteiger partial charge in [-0.25, -0.2) is 4.98 Å². The van der Waals surface area contributed by atoms with Gasteiger partial charge in [-0.05, 0) is 57.0 Å². The van der Waals surface area contributed by atoms with E-state index in [-0.39, 0.29) is 0 Å². The number of rotatable bonds is 3. The van der Waals surface area contributed by atoms with Gasteiger partial charge in [0.15, 0.2) is 4.34 Å². The predicted molar refractivity (Wildman–Crippen MR) is 127 cm³/mol. The zero-order valence-electron chi connectivity index (χ0n) is 16.9. The van der Waals surface area contributed by atoms with Crippen molar-refractivity contribution in [1.29, 1.82) is 0 Å². The van der Waals surface area contributed by atoms with Crippen LogP contribution in [0, 0.1) is 0 Å². The third-order valence-corrected chi connectivity index (χ3v) is 10.5. The SMILES string of the molecule is CC(C)(C)N(Sc1nc2ccccc2s1)P1(=O)Oc2ccccc2-c2ccccc21. The average molecular weight is 453 g/mol. The lowest BCUT2D eigenvalue weighted by atomic mass is 10.0. The Kier molecular flexibility index (Phi) is 4.79. The summed E-state index contributed by atoms with van der Waals surface area (Å²) in [5, 5.41) is 0.729. The molecule has 0 bridgehead atoms. The Bertz CT molecular complexity index is 1260. The first-order valence-corrected chi connectivity index (χ1v) is 12.9. The lowest BCUT2D eigenvalue weighted by Gasteiger charge is -2.41. The maximum absolute atomic E-state index is 14.6. The molecule has 4 nitrogen and oxygen atoms in total. The summed E-state index contributed by atoms with van der Waals surface area (Å²) in [4.78, 5) is 4.76. The summed E-state index contributed by atoms with van der Waals surface area (Å²) in [5.41, 5.74) is 2.45. The second-order valence-electron chi connectivity index (χ2n) is 8.11. The molecule has 0 spiro atoms. The molecule has 2 heterocycles. The first-order chi connectivity index (χ1) is 14.4. The van der Waals surface area contributed by atoms with Crippen LogP contribution in [0.25, 0.3) is 21.3 Å². The molecule has 0 amide bonds. The number of benzene rings is 3. The smallest absolute Gasteiger partial charge is 0.360 e. The van der Waals surface area contributed by atoms with E-state index in [1.807, 2.05) is 70.8 Å². The molecule has 1 unspecified atom stereocenters. The van der Waals surface area contributed by atoms with Gasteiger partial charge < -0.3 is 4.52 Å². The van der Waals surface area contributed by atoms with E-state index in [0.717, 1.165) is 31.0 Å². The minimum atomic E-state index is -3.41. The quantitative estimate of drug-likeness (QED) is 0.248. The van der Waals surface area contributed by atoms with Gasteiger partial charge in [0.2, 0.25) is 0 Å². The zero-order valence-corrected chi connectivity index (χ0v) is 19.4. The topological polar surface area (TPSA) is 42.4 Å². The molecule has 1 aliphatic heterocycles. The number of nitrogens with zero attached hydrogens (tertiary/aromatic N) is 2. The summed E-state index contributed by atoms with van der Waals surface area (Å²) >= 11 is 3.02. The average Bonchev–Trinajstić information content (AvgIpc) is 3.14. The predicted octanol–water partition coefficient (Wildman–Crippen LogP) is 6.98. The molecule has 1 aliphatic rings. The van der Waals surface area contributed by atoms with Crippen molar-refractivity contribution in [3.63, 3.8) is 0 Å². The summed E-state index contributed by atoms with van der Waals surface area (Å²) in [6.07, 6.45) is 0. The Morgan fingerprint density at radius 2 is 1.60 bits per heavy atom. The first-order valence-electron chi connectivity index (χ1n) is 9.69. The van der Waals surface area contributed by atoms with E-state index in [4.69, 9.17) is 9.51 Å². The van der Waals surface area contributed by atoms with Crippen LogP contribution in [0.1, 0.15) is 20.8 Å². The van der Waals surface area contributed by atoms with Gasteiger partial charge in [0.25, 0.3) is 0 Å². The maximum atomic E-state index is 14.6. The summed E-state index contributed by atoms with van der Waals surface area (Å²) in [5.74, 6) is 0.652. The highest BCUT2D eigenvalue weighted by molar-refractivity contribution is 8.04. The lowest BCUT2D eigenvalue weighted by molar-refractivity contribution is 0.343. The largest absolute Gasteiger partial charge is 0.428 e. The Balaban J connectivity index is 1.65. The highest BCUT2D eigenvalue weighted by Crippen LogP contribution is 2.63. The van der Waals surface area contributed by atoms with Gasteiger partial charge in [-0.3, -0.25) is 4.57 Å². The van der Waals surface area contributed by atoms with Crippen LogP contribution in [-0.2, 0) is 4.57 Å². The van der Waals surface area contributed by atoms with Gasteiger partial charge in [-0.15, -0.1) is 11.3 Å². The van der Waals surface area contributed by atoms with Gasteiger partial charge in [-0.1, -0.05) is 48.5 Å². The second-order valence-corrected chi connectivity index (χ2v) is 12.7. The van der Waals surface area contributed by atoms with Crippen molar-refractivity contribution in [3.05, 3.63) is 72.8 Å². The summed E-state index contributed by atoms with van der Waals surface area (Å²) in [7, 11) is -3.41. The van der Waals surface area contributed by atoms with Crippen LogP contribution in [0.15, 0.2) is 77.1 Å². The number of para-hydroxylation sites is 2. The molecular weight excluding hydrogens is 431 g/mol. The monoisotopic (exact) mass is 452 g/mol. The molecule has 0 aliphatic carbocycles. The van der Waals surface area contributed by atoms with Gasteiger partial charge in [0.1, 0.15) is 5.75 Å². The molecule has 0 radical (unpaired) electrons. The number of hydrogen-bond acceptors (Lipinski definition) is 5. The van der Waals surface area contributed by atoms with Crippen LogP contribution in [-0.4, -0.2) is 14.6 Å². The highest BCUT2D eigenvalue weighted by Gasteiger charge is 2.47. The molecular formula is C23H21N2O2PS2. The molecule has 30 heavy (non-hydrogen) atoms. The van der Waals surface area contributed by atoms with Gasteiger partial charge in [0.05, 0.1) is 15.5 Å². The third kappa shape index (κ3) is 3.28. The van der Waals surface area contributed by atoms with Gasteiger partial charge in [0, 0.05) is 16.7 Å². The molecule has 152 valence electrons. The maximum Gasteiger partial charge on any atom is 0.360 e. The number of fused-ring (bicyclic) bond motifs is 4. The molecule has 0 fully saturated rings. The fraction of sp³-hybridized carbons (Fsp3) is 0.174. The van der Waals surface area contributed by atoms with Gasteiger partial charge in [-0.2, -0.15) is 4.08 Å². The normalized spacial score (nSPS) is 18.1. The zero-order chi connectivity index (χ0) is 20.9. The minimum Gasteiger partial charge on any atom is -0.428 e. The van der Waals surface area contributed by atoms with Crippen LogP contribution in [0.5, 0.6) is 5.75 Å². The number of thiazole rings is 1. The lowest BCUT2D eigenvalue weighted by Crippen LogP contribution is -2.39. The minimum absolute atomic E-state index is 0.433. The van der Waals surface area contributed by atoms with Crippen LogP contribution >= 0.6 is 30.8 Å². The fourth-order valence-electron chi connectivity index (χ4n) is 3.58. The first kappa shape index (κ1) is 19.8. The second kappa shape index (κ2) is 7.24. The fourth-order valence-corrected chi connectivity index (χ4v) is 9.03. The molecule has 3 aromatic carbocycles. The van der Waals surface area contributed by atoms with Crippen molar-refractivity contribution in [3.8, 4) is 16.9 Å². The summed E-state index contributed by atoms with van der Waals surface area (Å²) in [6, 6.07) is 23.7. The van der Waals surface area contributed by atoms with E-state index in [2.05, 4.69) is 26.8 Å². The van der Waals surface area contributed by atoms with Crippen LogP contribution in [0.3, 0.4) is 0 Å². The summed E-state index contributed by atoms with van der Waals surface area (Å²) in [6.45, 7) is 6.17. The van der Waals surface area contributed by atoms with Crippen molar-refractivity contribution in [2.75, 3.05) is 0 Å². The van der Waals surface area contributed by atoms with E-state index >= 15 is 0 Å². The molecule has 0 saturated heterocycles. The third-order valence-electron chi connectivity index (χ3n) is 4.86. The number of aromatic nitrogens is 1. The van der Waals surface area contributed by atoms with E-state index in [1.165, 1.54) is 11.9 Å².